The molecule has 3 amide bonds. The van der Waals surface area contributed by atoms with Crippen LogP contribution >= 0.6 is 0 Å². The highest BCUT2D eigenvalue weighted by atomic mass is 28.4. The first-order valence-corrected chi connectivity index (χ1v) is 18.6. The number of ether oxygens (including phenoxy) is 1. The molecule has 3 N–H and O–H groups in total. The number of nitrogens with zero attached hydrogens (tertiary/aromatic N) is 2. The number of piperazine rings is 1. The first kappa shape index (κ1) is 36.7. The minimum Gasteiger partial charge on any atom is -0.478 e. The van der Waals surface area contributed by atoms with Crippen molar-refractivity contribution >= 4 is 43.6 Å². The number of carbonyl (C=O) groups is 4. The molecule has 11 nitrogen and oxygen atoms in total. The predicted octanol–water partition coefficient (Wildman–Crippen LogP) is 5.52. The van der Waals surface area contributed by atoms with Crippen molar-refractivity contribution in [2.24, 2.45) is 0 Å². The van der Waals surface area contributed by atoms with Gasteiger partial charge in [0.05, 0.1) is 12.1 Å². The topological polar surface area (TPSA) is 138 Å². The Morgan fingerprint density at radius 3 is 2.13 bits per heavy atom. The molecule has 1 atom stereocenters. The van der Waals surface area contributed by atoms with Crippen LogP contribution in [0.15, 0.2) is 48.5 Å². The Labute approximate surface area is 273 Å². The van der Waals surface area contributed by atoms with Crippen LogP contribution in [0.25, 0.3) is 0 Å². The Morgan fingerprint density at radius 1 is 0.957 bits per heavy atom. The number of rotatable bonds is 12. The van der Waals surface area contributed by atoms with Crippen molar-refractivity contribution in [1.29, 1.82) is 0 Å². The summed E-state index contributed by atoms with van der Waals surface area (Å²) in [6.45, 7) is 19.6. The van der Waals surface area contributed by atoms with Gasteiger partial charge in [-0.3, -0.25) is 14.5 Å². The van der Waals surface area contributed by atoms with E-state index in [0.29, 0.717) is 25.4 Å². The van der Waals surface area contributed by atoms with E-state index in [0.717, 1.165) is 30.8 Å². The Hall–Kier alpha value is -3.74. The lowest BCUT2D eigenvalue weighted by Gasteiger charge is -2.37. The normalized spacial score (nSPS) is 15.3. The highest BCUT2D eigenvalue weighted by Crippen LogP contribution is 2.36. The number of anilines is 2. The van der Waals surface area contributed by atoms with Gasteiger partial charge in [-0.15, -0.1) is 0 Å². The number of carboxylic acids is 1. The summed E-state index contributed by atoms with van der Waals surface area (Å²) in [6, 6.07) is 12.1. The van der Waals surface area contributed by atoms with Crippen molar-refractivity contribution in [3.05, 3.63) is 59.7 Å². The van der Waals surface area contributed by atoms with E-state index in [4.69, 9.17) is 14.3 Å². The van der Waals surface area contributed by atoms with E-state index < -0.39 is 37.9 Å². The summed E-state index contributed by atoms with van der Waals surface area (Å²) in [4.78, 5) is 54.0. The van der Waals surface area contributed by atoms with Crippen molar-refractivity contribution < 1.29 is 33.4 Å². The summed E-state index contributed by atoms with van der Waals surface area (Å²) >= 11 is 0. The first-order valence-electron chi connectivity index (χ1n) is 15.7. The maximum atomic E-state index is 13.3. The fourth-order valence-electron chi connectivity index (χ4n) is 4.65. The smallest absolute Gasteiger partial charge is 0.408 e. The molecule has 46 heavy (non-hydrogen) atoms. The molecule has 2 aromatic rings. The van der Waals surface area contributed by atoms with E-state index in [1.165, 1.54) is 24.3 Å². The quantitative estimate of drug-likeness (QED) is 0.201. The van der Waals surface area contributed by atoms with Gasteiger partial charge in [0.2, 0.25) is 11.8 Å². The number of hydrogen-bond acceptors (Lipinski definition) is 7. The minimum atomic E-state index is -1.78. The lowest BCUT2D eigenvalue weighted by atomic mass is 10.0. The van der Waals surface area contributed by atoms with Crippen molar-refractivity contribution in [1.82, 2.24) is 10.2 Å². The first-order chi connectivity index (χ1) is 21.3. The zero-order valence-corrected chi connectivity index (χ0v) is 29.4. The van der Waals surface area contributed by atoms with Gasteiger partial charge < -0.3 is 29.8 Å². The summed E-state index contributed by atoms with van der Waals surface area (Å²) in [5.74, 6) is -1.53. The number of hydrogen-bond donors (Lipinski definition) is 3. The Balaban J connectivity index is 1.60. The standard InChI is InChI=1S/C34H50N4O7Si/c1-33(2,3)45-32(43)36-28(30(40)35-26-14-12-25(13-15-26)31(41)42)22-24-10-16-27(17-11-24)38-20-19-37(23-29(38)39)18-9-21-44-46(7,8)34(4,5)6/h10-17,28H,9,18-23H2,1-8H3,(H,35,40)(H,36,43)(H,41,42)/t28-/m0/s1. The van der Waals surface area contributed by atoms with Gasteiger partial charge in [-0.2, -0.15) is 0 Å². The molecular formula is C34H50N4O7Si. The van der Waals surface area contributed by atoms with E-state index in [-0.39, 0.29) is 22.9 Å². The molecule has 0 aliphatic carbocycles. The molecule has 0 unspecified atom stereocenters. The predicted molar refractivity (Wildman–Crippen MR) is 182 cm³/mol. The van der Waals surface area contributed by atoms with E-state index in [1.54, 1.807) is 25.7 Å². The van der Waals surface area contributed by atoms with E-state index >= 15 is 0 Å². The molecule has 252 valence electrons. The SMILES string of the molecule is CC(C)(C)OC(=O)N[C@@H](Cc1ccc(N2CCN(CCCO[Si](C)(C)C(C)(C)C)CC2=O)cc1)C(=O)Nc1ccc(C(=O)O)cc1. The highest BCUT2D eigenvalue weighted by Gasteiger charge is 2.37. The van der Waals surface area contributed by atoms with Gasteiger partial charge in [0.25, 0.3) is 0 Å². The molecule has 1 saturated heterocycles. The second-order valence-electron chi connectivity index (χ2n) is 14.2. The Kier molecular flexibility index (Phi) is 12.2. The third-order valence-corrected chi connectivity index (χ3v) is 12.8. The van der Waals surface area contributed by atoms with E-state index in [2.05, 4.69) is 49.4 Å². The lowest BCUT2D eigenvalue weighted by molar-refractivity contribution is -0.121. The van der Waals surface area contributed by atoms with Crippen LogP contribution < -0.4 is 15.5 Å². The number of nitrogens with one attached hydrogen (secondary N) is 2. The fourth-order valence-corrected chi connectivity index (χ4v) is 5.74. The minimum absolute atomic E-state index is 0.0297. The van der Waals surface area contributed by atoms with Crippen molar-refractivity contribution in [2.75, 3.05) is 43.0 Å². The monoisotopic (exact) mass is 654 g/mol. The van der Waals surface area contributed by atoms with Gasteiger partial charge in [-0.1, -0.05) is 32.9 Å². The van der Waals surface area contributed by atoms with Crippen LogP contribution in [0.2, 0.25) is 18.1 Å². The number of aromatic carboxylic acids is 1. The van der Waals surface area contributed by atoms with Crippen LogP contribution in [0.4, 0.5) is 16.2 Å². The molecule has 0 aromatic heterocycles. The largest absolute Gasteiger partial charge is 0.478 e. The van der Waals surface area contributed by atoms with E-state index in [9.17, 15) is 19.2 Å². The zero-order chi connectivity index (χ0) is 34.3. The third-order valence-electron chi connectivity index (χ3n) is 8.28. The molecular weight excluding hydrogens is 604 g/mol. The molecule has 1 aliphatic heterocycles. The number of benzene rings is 2. The maximum absolute atomic E-state index is 13.3. The Morgan fingerprint density at radius 2 is 1.59 bits per heavy atom. The number of amides is 3. The molecule has 0 radical (unpaired) electrons. The molecule has 1 fully saturated rings. The van der Waals surface area contributed by atoms with E-state index in [1.807, 2.05) is 24.3 Å². The highest BCUT2D eigenvalue weighted by molar-refractivity contribution is 6.74. The van der Waals surface area contributed by atoms with Crippen LogP contribution in [0, 0.1) is 0 Å². The summed E-state index contributed by atoms with van der Waals surface area (Å²) in [7, 11) is -1.78. The van der Waals surface area contributed by atoms with Crippen LogP contribution in [0.3, 0.4) is 0 Å². The average Bonchev–Trinajstić information content (AvgIpc) is 2.94. The van der Waals surface area contributed by atoms with Gasteiger partial charge in [0.15, 0.2) is 8.32 Å². The van der Waals surface area contributed by atoms with Crippen molar-refractivity contribution in [2.45, 2.75) is 84.2 Å². The molecule has 2 aromatic carbocycles. The fraction of sp³-hybridized carbons (Fsp3) is 0.529. The lowest BCUT2D eigenvalue weighted by Crippen LogP contribution is -2.51. The van der Waals surface area contributed by atoms with Crippen molar-refractivity contribution in [3.63, 3.8) is 0 Å². The molecule has 3 rings (SSSR count). The molecule has 1 aliphatic rings. The zero-order valence-electron chi connectivity index (χ0n) is 28.4. The van der Waals surface area contributed by atoms with Crippen LogP contribution in [-0.2, 0) is 25.2 Å². The average molecular weight is 655 g/mol. The molecule has 1 heterocycles. The summed E-state index contributed by atoms with van der Waals surface area (Å²) in [5.41, 5.74) is 1.27. The molecule has 0 spiro atoms. The van der Waals surface area contributed by atoms with Gasteiger partial charge in [-0.05, 0) is 87.3 Å². The van der Waals surface area contributed by atoms with Gasteiger partial charge in [0.1, 0.15) is 11.6 Å². The molecule has 0 bridgehead atoms. The third kappa shape index (κ3) is 11.0. The summed E-state index contributed by atoms with van der Waals surface area (Å²) < 4.78 is 11.7. The summed E-state index contributed by atoms with van der Waals surface area (Å²) in [5, 5.41) is 14.7. The van der Waals surface area contributed by atoms with Crippen LogP contribution in [0.1, 0.15) is 63.9 Å². The molecule has 12 heteroatoms. The van der Waals surface area contributed by atoms with Crippen LogP contribution in [-0.4, -0.2) is 86.6 Å². The van der Waals surface area contributed by atoms with Gasteiger partial charge >= 0.3 is 12.1 Å². The van der Waals surface area contributed by atoms with Gasteiger partial charge in [0, 0.05) is 44.0 Å². The maximum Gasteiger partial charge on any atom is 0.408 e. The number of alkyl carbamates (subject to hydrolysis) is 1. The second-order valence-corrected chi connectivity index (χ2v) is 19.0. The van der Waals surface area contributed by atoms with Gasteiger partial charge in [-0.25, -0.2) is 9.59 Å². The van der Waals surface area contributed by atoms with Crippen LogP contribution in [0.5, 0.6) is 0 Å². The number of carboxylic acid groups (broad SMARTS) is 1. The summed E-state index contributed by atoms with van der Waals surface area (Å²) in [6.07, 6.45) is 0.311. The second kappa shape index (κ2) is 15.2. The Bertz CT molecular complexity index is 1370. The van der Waals surface area contributed by atoms with Crippen molar-refractivity contribution in [3.8, 4) is 0 Å². The molecule has 0 saturated carbocycles. The number of carbonyl (C=O) groups excluding carboxylic acids is 3.